The third-order valence-corrected chi connectivity index (χ3v) is 4.38. The smallest absolute Gasteiger partial charge is 0.310 e. The Kier molecular flexibility index (Phi) is 9.62. The summed E-state index contributed by atoms with van der Waals surface area (Å²) in [6.07, 6.45) is 3.46. The third-order valence-electron chi connectivity index (χ3n) is 4.38. The van der Waals surface area contributed by atoms with E-state index in [-0.39, 0.29) is 54.9 Å². The Bertz CT molecular complexity index is 455. The summed E-state index contributed by atoms with van der Waals surface area (Å²) in [6, 6.07) is -0.0966. The SMILES string of the molecule is CCOC(=O)[C@H]1CCCC[C@@H]1N(CC(=O)NC(C)C)CC(=O)NC(C)C. The molecule has 1 fully saturated rings. The van der Waals surface area contributed by atoms with Crippen molar-refractivity contribution >= 4 is 17.8 Å². The van der Waals surface area contributed by atoms with Crippen LogP contribution in [0, 0.1) is 5.92 Å². The predicted octanol–water partition coefficient (Wildman–Crippen LogP) is 1.46. The average Bonchev–Trinajstić information content (AvgIpc) is 2.53. The Balaban J connectivity index is 2.93. The molecule has 2 N–H and O–H groups in total. The van der Waals surface area contributed by atoms with Gasteiger partial charge in [-0.1, -0.05) is 12.8 Å². The Morgan fingerprint density at radius 3 is 1.92 bits per heavy atom. The molecule has 2 atom stereocenters. The summed E-state index contributed by atoms with van der Waals surface area (Å²) in [4.78, 5) is 38.9. The highest BCUT2D eigenvalue weighted by Gasteiger charge is 2.37. The second-order valence-corrected chi connectivity index (χ2v) is 7.56. The standard InChI is InChI=1S/C19H35N3O4/c1-6-26-19(25)15-9-7-8-10-16(15)22(11-17(23)20-13(2)3)12-18(24)21-14(4)5/h13-16H,6-12H2,1-5H3,(H,20,23)(H,21,24)/t15-,16-/m0/s1. The molecule has 0 bridgehead atoms. The maximum Gasteiger partial charge on any atom is 0.310 e. The van der Waals surface area contributed by atoms with Gasteiger partial charge >= 0.3 is 5.97 Å². The number of rotatable bonds is 9. The number of ether oxygens (including phenoxy) is 1. The summed E-state index contributed by atoms with van der Waals surface area (Å²) < 4.78 is 5.23. The van der Waals surface area contributed by atoms with Crippen LogP contribution in [-0.2, 0) is 19.1 Å². The summed E-state index contributed by atoms with van der Waals surface area (Å²) in [5, 5.41) is 5.73. The summed E-state index contributed by atoms with van der Waals surface area (Å²) in [5.74, 6) is -0.783. The van der Waals surface area contributed by atoms with Crippen LogP contribution >= 0.6 is 0 Å². The monoisotopic (exact) mass is 369 g/mol. The van der Waals surface area contributed by atoms with Gasteiger partial charge in [-0.05, 0) is 47.5 Å². The van der Waals surface area contributed by atoms with E-state index in [1.54, 1.807) is 6.92 Å². The van der Waals surface area contributed by atoms with E-state index in [4.69, 9.17) is 4.74 Å². The molecule has 7 nitrogen and oxygen atoms in total. The van der Waals surface area contributed by atoms with E-state index in [2.05, 4.69) is 10.6 Å². The zero-order valence-electron chi connectivity index (χ0n) is 16.8. The van der Waals surface area contributed by atoms with Gasteiger partial charge < -0.3 is 15.4 Å². The first kappa shape index (κ1) is 22.4. The molecule has 26 heavy (non-hydrogen) atoms. The van der Waals surface area contributed by atoms with Crippen molar-refractivity contribution in [3.63, 3.8) is 0 Å². The van der Waals surface area contributed by atoms with Crippen molar-refractivity contribution in [3.05, 3.63) is 0 Å². The van der Waals surface area contributed by atoms with E-state index < -0.39 is 0 Å². The molecule has 0 saturated heterocycles. The molecule has 2 amide bonds. The molecular weight excluding hydrogens is 334 g/mol. The van der Waals surface area contributed by atoms with Crippen molar-refractivity contribution in [2.75, 3.05) is 19.7 Å². The van der Waals surface area contributed by atoms with Gasteiger partial charge in [0, 0.05) is 18.1 Å². The molecule has 0 unspecified atom stereocenters. The number of amides is 2. The first-order valence-electron chi connectivity index (χ1n) is 9.74. The van der Waals surface area contributed by atoms with E-state index in [0.29, 0.717) is 6.61 Å². The van der Waals surface area contributed by atoms with Crippen LogP contribution < -0.4 is 10.6 Å². The lowest BCUT2D eigenvalue weighted by molar-refractivity contribution is -0.153. The normalized spacial score (nSPS) is 20.3. The lowest BCUT2D eigenvalue weighted by Crippen LogP contribution is -2.53. The molecule has 1 saturated carbocycles. The molecule has 7 heteroatoms. The van der Waals surface area contributed by atoms with E-state index >= 15 is 0 Å². The van der Waals surface area contributed by atoms with Crippen LogP contribution in [0.25, 0.3) is 0 Å². The van der Waals surface area contributed by atoms with Crippen molar-refractivity contribution in [1.82, 2.24) is 15.5 Å². The Morgan fingerprint density at radius 2 is 1.46 bits per heavy atom. The third kappa shape index (κ3) is 7.72. The Labute approximate surface area is 157 Å². The second-order valence-electron chi connectivity index (χ2n) is 7.56. The van der Waals surface area contributed by atoms with Crippen molar-refractivity contribution in [2.45, 2.75) is 78.4 Å². The van der Waals surface area contributed by atoms with Crippen LogP contribution in [0.5, 0.6) is 0 Å². The van der Waals surface area contributed by atoms with Gasteiger partial charge in [-0.3, -0.25) is 19.3 Å². The van der Waals surface area contributed by atoms with Crippen LogP contribution in [0.4, 0.5) is 0 Å². The van der Waals surface area contributed by atoms with E-state index in [1.807, 2.05) is 32.6 Å². The van der Waals surface area contributed by atoms with Gasteiger partial charge in [0.05, 0.1) is 25.6 Å². The largest absolute Gasteiger partial charge is 0.466 e. The minimum atomic E-state index is -0.289. The van der Waals surface area contributed by atoms with E-state index in [1.165, 1.54) is 0 Å². The zero-order valence-corrected chi connectivity index (χ0v) is 16.8. The number of nitrogens with zero attached hydrogens (tertiary/aromatic N) is 1. The summed E-state index contributed by atoms with van der Waals surface area (Å²) in [6.45, 7) is 9.93. The van der Waals surface area contributed by atoms with Gasteiger partial charge in [0.1, 0.15) is 0 Å². The fourth-order valence-electron chi connectivity index (χ4n) is 3.47. The summed E-state index contributed by atoms with van der Waals surface area (Å²) >= 11 is 0. The number of hydrogen-bond acceptors (Lipinski definition) is 5. The minimum absolute atomic E-state index is 0.0288. The highest BCUT2D eigenvalue weighted by atomic mass is 16.5. The van der Waals surface area contributed by atoms with Gasteiger partial charge in [-0.15, -0.1) is 0 Å². The first-order valence-corrected chi connectivity index (χ1v) is 9.74. The fourth-order valence-corrected chi connectivity index (χ4v) is 3.47. The molecule has 0 spiro atoms. The molecule has 0 aromatic heterocycles. The van der Waals surface area contributed by atoms with Gasteiger partial charge in [-0.25, -0.2) is 0 Å². The molecule has 0 radical (unpaired) electrons. The molecule has 0 aromatic rings. The average molecular weight is 370 g/mol. The topological polar surface area (TPSA) is 87.7 Å². The maximum absolute atomic E-state index is 12.4. The lowest BCUT2D eigenvalue weighted by Gasteiger charge is -2.38. The van der Waals surface area contributed by atoms with Crippen molar-refractivity contribution in [3.8, 4) is 0 Å². The molecule has 1 rings (SSSR count). The fraction of sp³-hybridized carbons (Fsp3) is 0.842. The van der Waals surface area contributed by atoms with Crippen LogP contribution in [-0.4, -0.2) is 60.5 Å². The van der Waals surface area contributed by atoms with Gasteiger partial charge in [0.2, 0.25) is 11.8 Å². The number of carbonyl (C=O) groups is 3. The number of esters is 1. The Hall–Kier alpha value is -1.63. The van der Waals surface area contributed by atoms with E-state index in [0.717, 1.165) is 25.7 Å². The van der Waals surface area contributed by atoms with Crippen LogP contribution in [0.15, 0.2) is 0 Å². The highest BCUT2D eigenvalue weighted by molar-refractivity contribution is 5.82. The minimum Gasteiger partial charge on any atom is -0.466 e. The first-order chi connectivity index (χ1) is 12.2. The second kappa shape index (κ2) is 11.2. The Morgan fingerprint density at radius 1 is 0.962 bits per heavy atom. The summed E-state index contributed by atoms with van der Waals surface area (Å²) in [5.41, 5.74) is 0. The predicted molar refractivity (Wildman–Crippen MR) is 101 cm³/mol. The van der Waals surface area contributed by atoms with Gasteiger partial charge in [0.25, 0.3) is 0 Å². The summed E-state index contributed by atoms with van der Waals surface area (Å²) in [7, 11) is 0. The van der Waals surface area contributed by atoms with Gasteiger partial charge in [-0.2, -0.15) is 0 Å². The maximum atomic E-state index is 12.4. The number of hydrogen-bond donors (Lipinski definition) is 2. The lowest BCUT2D eigenvalue weighted by atomic mass is 9.83. The van der Waals surface area contributed by atoms with Crippen molar-refractivity contribution in [1.29, 1.82) is 0 Å². The molecule has 150 valence electrons. The molecule has 1 aliphatic rings. The molecule has 0 heterocycles. The number of nitrogens with one attached hydrogen (secondary N) is 2. The zero-order chi connectivity index (χ0) is 19.7. The highest BCUT2D eigenvalue weighted by Crippen LogP contribution is 2.29. The van der Waals surface area contributed by atoms with Crippen molar-refractivity contribution < 1.29 is 19.1 Å². The van der Waals surface area contributed by atoms with Crippen molar-refractivity contribution in [2.24, 2.45) is 5.92 Å². The van der Waals surface area contributed by atoms with Gasteiger partial charge in [0.15, 0.2) is 0 Å². The molecule has 0 aliphatic heterocycles. The molecule has 1 aliphatic carbocycles. The van der Waals surface area contributed by atoms with Crippen LogP contribution in [0.3, 0.4) is 0 Å². The molecular formula is C19H35N3O4. The number of carbonyl (C=O) groups excluding carboxylic acids is 3. The molecule has 0 aromatic carbocycles. The quantitative estimate of drug-likeness (QED) is 0.601. The van der Waals surface area contributed by atoms with Crippen LogP contribution in [0.2, 0.25) is 0 Å². The van der Waals surface area contributed by atoms with E-state index in [9.17, 15) is 14.4 Å². The van der Waals surface area contributed by atoms with Crippen LogP contribution in [0.1, 0.15) is 60.3 Å².